The molecule has 0 radical (unpaired) electrons. The van der Waals surface area contributed by atoms with Gasteiger partial charge < -0.3 is 14.2 Å². The van der Waals surface area contributed by atoms with Gasteiger partial charge in [-0.1, -0.05) is 12.1 Å². The van der Waals surface area contributed by atoms with E-state index in [1.807, 2.05) is 25.2 Å². The largest absolute Gasteiger partial charge is 0.492 e. The molecule has 2 aromatic carbocycles. The number of carbonyl (C=O) groups is 1. The molecule has 2 aliphatic rings. The van der Waals surface area contributed by atoms with Gasteiger partial charge in [0, 0.05) is 31.0 Å². The molecule has 6 nitrogen and oxygen atoms in total. The second-order valence-corrected chi connectivity index (χ2v) is 7.19. The number of Topliss-reactive ketones (excluding diaryl/α,β-unsaturated/α-hetero) is 1. The number of benzene rings is 2. The maximum atomic E-state index is 12.8. The van der Waals surface area contributed by atoms with Crippen LogP contribution in [-0.4, -0.2) is 38.2 Å². The van der Waals surface area contributed by atoms with Gasteiger partial charge in [-0.15, -0.1) is 0 Å². The van der Waals surface area contributed by atoms with Crippen molar-refractivity contribution < 1.29 is 19.0 Å². The molecule has 0 bridgehead atoms. The van der Waals surface area contributed by atoms with E-state index < -0.39 is 0 Å². The maximum Gasteiger partial charge on any atom is 0.231 e. The normalized spacial score (nSPS) is 17.7. The van der Waals surface area contributed by atoms with Crippen LogP contribution in [0.4, 0.5) is 0 Å². The zero-order valence-electron chi connectivity index (χ0n) is 16.0. The number of rotatable bonds is 5. The lowest BCUT2D eigenvalue weighted by Gasteiger charge is -2.35. The molecule has 2 heterocycles. The van der Waals surface area contributed by atoms with Gasteiger partial charge >= 0.3 is 0 Å². The van der Waals surface area contributed by atoms with Crippen LogP contribution in [0.15, 0.2) is 30.3 Å². The molecule has 0 fully saturated rings. The predicted molar refractivity (Wildman–Crippen MR) is 103 cm³/mol. The SMILES string of the molecule is COc1c2c(cc3c1C(CC(=O)Cc1ccc(C#N)cc1)N(C)CC3)OCO2. The van der Waals surface area contributed by atoms with Gasteiger partial charge in [0.1, 0.15) is 5.78 Å². The van der Waals surface area contributed by atoms with Crippen LogP contribution in [0.5, 0.6) is 17.2 Å². The average Bonchev–Trinajstić information content (AvgIpc) is 3.17. The summed E-state index contributed by atoms with van der Waals surface area (Å²) >= 11 is 0. The minimum atomic E-state index is -0.0703. The van der Waals surface area contributed by atoms with Crippen molar-refractivity contribution in [2.45, 2.75) is 25.3 Å². The molecule has 0 N–H and O–H groups in total. The van der Waals surface area contributed by atoms with Crippen molar-refractivity contribution in [1.29, 1.82) is 5.26 Å². The van der Waals surface area contributed by atoms with Crippen LogP contribution in [0, 0.1) is 11.3 Å². The van der Waals surface area contributed by atoms with Crippen LogP contribution in [0.1, 0.15) is 34.7 Å². The van der Waals surface area contributed by atoms with E-state index in [2.05, 4.69) is 11.0 Å². The summed E-state index contributed by atoms with van der Waals surface area (Å²) < 4.78 is 16.8. The van der Waals surface area contributed by atoms with Gasteiger partial charge in [0.15, 0.2) is 11.5 Å². The molecular formula is C22H22N2O4. The molecule has 144 valence electrons. The van der Waals surface area contributed by atoms with Gasteiger partial charge in [-0.05, 0) is 42.8 Å². The number of hydrogen-bond donors (Lipinski definition) is 0. The second-order valence-electron chi connectivity index (χ2n) is 7.19. The Kier molecular flexibility index (Phi) is 4.93. The summed E-state index contributed by atoms with van der Waals surface area (Å²) in [5.41, 5.74) is 3.68. The third kappa shape index (κ3) is 3.30. The zero-order chi connectivity index (χ0) is 19.7. The Morgan fingerprint density at radius 2 is 2.11 bits per heavy atom. The molecule has 0 aliphatic carbocycles. The fourth-order valence-electron chi connectivity index (χ4n) is 4.00. The number of carbonyl (C=O) groups excluding carboxylic acids is 1. The van der Waals surface area contributed by atoms with E-state index in [1.54, 1.807) is 19.2 Å². The minimum Gasteiger partial charge on any atom is -0.492 e. The van der Waals surface area contributed by atoms with Crippen LogP contribution >= 0.6 is 0 Å². The fourth-order valence-corrected chi connectivity index (χ4v) is 4.00. The number of fused-ring (bicyclic) bond motifs is 2. The van der Waals surface area contributed by atoms with Crippen LogP contribution < -0.4 is 14.2 Å². The molecule has 0 saturated heterocycles. The smallest absolute Gasteiger partial charge is 0.231 e. The molecule has 1 atom stereocenters. The van der Waals surface area contributed by atoms with Gasteiger partial charge in [-0.2, -0.15) is 5.26 Å². The molecule has 28 heavy (non-hydrogen) atoms. The van der Waals surface area contributed by atoms with Crippen LogP contribution in [0.25, 0.3) is 0 Å². The first kappa shape index (κ1) is 18.3. The van der Waals surface area contributed by atoms with Crippen molar-refractivity contribution in [1.82, 2.24) is 4.90 Å². The Morgan fingerprint density at radius 3 is 2.82 bits per heavy atom. The lowest BCUT2D eigenvalue weighted by atomic mass is 9.87. The highest BCUT2D eigenvalue weighted by Crippen LogP contribution is 2.50. The molecule has 4 rings (SSSR count). The highest BCUT2D eigenvalue weighted by Gasteiger charge is 2.34. The summed E-state index contributed by atoms with van der Waals surface area (Å²) in [4.78, 5) is 15.0. The van der Waals surface area contributed by atoms with Crippen molar-refractivity contribution in [3.63, 3.8) is 0 Å². The van der Waals surface area contributed by atoms with Crippen LogP contribution in [-0.2, 0) is 17.6 Å². The number of ether oxygens (including phenoxy) is 3. The number of methoxy groups -OCH3 is 1. The van der Waals surface area contributed by atoms with Crippen LogP contribution in [0.3, 0.4) is 0 Å². The Labute approximate surface area is 164 Å². The molecular weight excluding hydrogens is 356 g/mol. The lowest BCUT2D eigenvalue weighted by molar-refractivity contribution is -0.119. The summed E-state index contributed by atoms with van der Waals surface area (Å²) in [7, 11) is 3.66. The molecule has 0 saturated carbocycles. The molecule has 2 aliphatic heterocycles. The summed E-state index contributed by atoms with van der Waals surface area (Å²) in [6.45, 7) is 1.05. The zero-order valence-corrected chi connectivity index (χ0v) is 16.0. The van der Waals surface area contributed by atoms with E-state index in [9.17, 15) is 4.79 Å². The van der Waals surface area contributed by atoms with Gasteiger partial charge in [0.05, 0.1) is 18.7 Å². The minimum absolute atomic E-state index is 0.0703. The third-order valence-corrected chi connectivity index (χ3v) is 5.45. The third-order valence-electron chi connectivity index (χ3n) is 5.45. The molecule has 2 aromatic rings. The second kappa shape index (κ2) is 7.53. The topological polar surface area (TPSA) is 71.8 Å². The first-order valence-corrected chi connectivity index (χ1v) is 9.31. The average molecular weight is 378 g/mol. The van der Waals surface area contributed by atoms with Gasteiger partial charge in [-0.25, -0.2) is 0 Å². The van der Waals surface area contributed by atoms with Crippen molar-refractivity contribution in [2.24, 2.45) is 0 Å². The van der Waals surface area contributed by atoms with Crippen molar-refractivity contribution in [3.05, 3.63) is 52.6 Å². The van der Waals surface area contributed by atoms with E-state index >= 15 is 0 Å². The lowest BCUT2D eigenvalue weighted by Crippen LogP contribution is -2.34. The Bertz CT molecular complexity index is 946. The standard InChI is InChI=1S/C22H22N2O4/c1-24-8-7-16-10-19-21(28-13-27-19)22(26-2)20(16)18(24)11-17(25)9-14-3-5-15(12-23)6-4-14/h3-6,10,18H,7-9,11,13H2,1-2H3. The van der Waals surface area contributed by atoms with Gasteiger partial charge in [-0.3, -0.25) is 9.69 Å². The van der Waals surface area contributed by atoms with E-state index in [4.69, 9.17) is 19.5 Å². The summed E-state index contributed by atoms with van der Waals surface area (Å²) in [5, 5.41) is 8.91. The molecule has 6 heteroatoms. The van der Waals surface area contributed by atoms with Gasteiger partial charge in [0.2, 0.25) is 12.5 Å². The van der Waals surface area contributed by atoms with Gasteiger partial charge in [0.25, 0.3) is 0 Å². The Balaban J connectivity index is 1.60. The highest BCUT2D eigenvalue weighted by atomic mass is 16.7. The van der Waals surface area contributed by atoms with E-state index in [-0.39, 0.29) is 18.6 Å². The maximum absolute atomic E-state index is 12.8. The molecule has 0 spiro atoms. The van der Waals surface area contributed by atoms with Crippen molar-refractivity contribution >= 4 is 5.78 Å². The summed E-state index contributed by atoms with van der Waals surface area (Å²) in [6.07, 6.45) is 1.61. The fraction of sp³-hybridized carbons (Fsp3) is 0.364. The highest BCUT2D eigenvalue weighted by molar-refractivity contribution is 5.82. The Hall–Kier alpha value is -3.04. The number of likely N-dealkylation sites (N-methyl/N-ethyl adjacent to an activating group) is 1. The molecule has 0 aromatic heterocycles. The molecule has 0 amide bonds. The number of ketones is 1. The number of nitrogens with zero attached hydrogens (tertiary/aromatic N) is 2. The predicted octanol–water partition coefficient (Wildman–Crippen LogP) is 3.03. The van der Waals surface area contributed by atoms with E-state index in [1.165, 1.54) is 0 Å². The number of nitriles is 1. The molecule has 1 unspecified atom stereocenters. The summed E-state index contributed by atoms with van der Waals surface area (Å²) in [6, 6.07) is 11.2. The first-order valence-electron chi connectivity index (χ1n) is 9.31. The quantitative estimate of drug-likeness (QED) is 0.796. The van der Waals surface area contributed by atoms with Crippen molar-refractivity contribution in [2.75, 3.05) is 27.5 Å². The van der Waals surface area contributed by atoms with E-state index in [0.29, 0.717) is 35.7 Å². The van der Waals surface area contributed by atoms with Crippen molar-refractivity contribution in [3.8, 4) is 23.3 Å². The monoisotopic (exact) mass is 378 g/mol. The van der Waals surface area contributed by atoms with E-state index in [0.717, 1.165) is 29.7 Å². The first-order chi connectivity index (χ1) is 13.6. The number of hydrogen-bond acceptors (Lipinski definition) is 6. The summed E-state index contributed by atoms with van der Waals surface area (Å²) in [5.74, 6) is 2.16. The van der Waals surface area contributed by atoms with Crippen LogP contribution in [0.2, 0.25) is 0 Å². The Morgan fingerprint density at radius 1 is 1.32 bits per heavy atom.